The standard InChI is InChI=1S/C10H20N2O3.CH3I/c1-10(2,3)15-9(14)12-4-7(6-13)8(11)5-12;1-2/h7-8,13H,4-6,11H2,1-3H3;1H3/t7-,8-;/m0./s1. The minimum Gasteiger partial charge on any atom is -0.444 e. The number of carbonyl (C=O) groups excluding carboxylic acids is 1. The van der Waals surface area contributed by atoms with Gasteiger partial charge in [0.05, 0.1) is 0 Å². The maximum absolute atomic E-state index is 11.6. The lowest BCUT2D eigenvalue weighted by Gasteiger charge is -2.24. The van der Waals surface area contributed by atoms with Crippen molar-refractivity contribution in [2.24, 2.45) is 11.7 Å². The number of rotatable bonds is 1. The summed E-state index contributed by atoms with van der Waals surface area (Å²) in [6, 6.07) is -0.150. The number of nitrogens with zero attached hydrogens (tertiary/aromatic N) is 1. The first-order valence-corrected chi connectivity index (χ1v) is 7.71. The van der Waals surface area contributed by atoms with Crippen LogP contribution in [0.3, 0.4) is 0 Å². The van der Waals surface area contributed by atoms with Gasteiger partial charge in [0, 0.05) is 31.7 Å². The van der Waals surface area contributed by atoms with Crippen LogP contribution in [0.1, 0.15) is 20.8 Å². The number of alkyl halides is 1. The van der Waals surface area contributed by atoms with Crippen LogP contribution in [0.5, 0.6) is 0 Å². The minimum atomic E-state index is -0.488. The predicted molar refractivity (Wildman–Crippen MR) is 76.3 cm³/mol. The Bertz CT molecular complexity index is 243. The largest absolute Gasteiger partial charge is 0.444 e. The molecule has 0 radical (unpaired) electrons. The number of ether oxygens (including phenoxy) is 1. The van der Waals surface area contributed by atoms with Gasteiger partial charge in [-0.15, -0.1) is 0 Å². The average molecular weight is 358 g/mol. The molecule has 1 aliphatic heterocycles. The molecule has 17 heavy (non-hydrogen) atoms. The molecule has 0 bridgehead atoms. The first-order valence-electron chi connectivity index (χ1n) is 5.55. The van der Waals surface area contributed by atoms with Crippen LogP contribution in [0.25, 0.3) is 0 Å². The highest BCUT2D eigenvalue weighted by molar-refractivity contribution is 14.1. The van der Waals surface area contributed by atoms with Gasteiger partial charge in [0.15, 0.2) is 0 Å². The Labute approximate surface area is 117 Å². The van der Waals surface area contributed by atoms with Crippen molar-refractivity contribution in [3.63, 3.8) is 0 Å². The molecule has 2 atom stereocenters. The van der Waals surface area contributed by atoms with Gasteiger partial charge in [-0.05, 0) is 25.7 Å². The second-order valence-corrected chi connectivity index (χ2v) is 4.99. The molecule has 3 N–H and O–H groups in total. The number of nitrogens with two attached hydrogens (primary N) is 1. The van der Waals surface area contributed by atoms with Crippen LogP contribution in [0, 0.1) is 5.92 Å². The van der Waals surface area contributed by atoms with Gasteiger partial charge >= 0.3 is 6.09 Å². The number of hydrogen-bond acceptors (Lipinski definition) is 4. The summed E-state index contributed by atoms with van der Waals surface area (Å²) in [5.74, 6) is -0.0301. The lowest BCUT2D eigenvalue weighted by molar-refractivity contribution is 0.0283. The van der Waals surface area contributed by atoms with Gasteiger partial charge in [-0.3, -0.25) is 0 Å². The minimum absolute atomic E-state index is 0.0143. The zero-order chi connectivity index (χ0) is 13.6. The van der Waals surface area contributed by atoms with Gasteiger partial charge in [-0.25, -0.2) is 4.79 Å². The molecule has 5 nitrogen and oxygen atoms in total. The first-order chi connectivity index (χ1) is 7.83. The van der Waals surface area contributed by atoms with E-state index >= 15 is 0 Å². The number of aliphatic hydroxyl groups excluding tert-OH is 1. The van der Waals surface area contributed by atoms with Crippen molar-refractivity contribution >= 4 is 28.7 Å². The molecule has 0 aromatic rings. The monoisotopic (exact) mass is 358 g/mol. The van der Waals surface area contributed by atoms with Gasteiger partial charge in [0.2, 0.25) is 0 Å². The van der Waals surface area contributed by atoms with Crippen LogP contribution in [0.15, 0.2) is 0 Å². The highest BCUT2D eigenvalue weighted by atomic mass is 127. The fourth-order valence-electron chi connectivity index (χ4n) is 1.57. The topological polar surface area (TPSA) is 75.8 Å². The average Bonchev–Trinajstić information content (AvgIpc) is 2.60. The summed E-state index contributed by atoms with van der Waals surface area (Å²) >= 11 is 2.15. The van der Waals surface area contributed by atoms with Crippen molar-refractivity contribution in [2.75, 3.05) is 24.6 Å². The third kappa shape index (κ3) is 5.87. The lowest BCUT2D eigenvalue weighted by atomic mass is 10.1. The van der Waals surface area contributed by atoms with E-state index in [2.05, 4.69) is 22.6 Å². The summed E-state index contributed by atoms with van der Waals surface area (Å²) in [4.78, 5) is 15.2. The fourth-order valence-corrected chi connectivity index (χ4v) is 1.57. The summed E-state index contributed by atoms with van der Waals surface area (Å²) in [6.07, 6.45) is -0.353. The Hall–Kier alpha value is -0.0800. The van der Waals surface area contributed by atoms with Gasteiger partial charge in [0.25, 0.3) is 0 Å². The molecular formula is C11H23IN2O3. The number of amides is 1. The molecule has 0 aromatic carbocycles. The van der Waals surface area contributed by atoms with E-state index in [4.69, 9.17) is 15.6 Å². The fraction of sp³-hybridized carbons (Fsp3) is 0.909. The number of aliphatic hydroxyl groups is 1. The predicted octanol–water partition coefficient (Wildman–Crippen LogP) is 1.22. The first kappa shape index (κ1) is 16.9. The Morgan fingerprint density at radius 3 is 2.35 bits per heavy atom. The van der Waals surface area contributed by atoms with Gasteiger partial charge < -0.3 is 20.5 Å². The molecule has 1 fully saturated rings. The Balaban J connectivity index is 0.00000121. The number of carbonyl (C=O) groups is 1. The maximum atomic E-state index is 11.6. The molecule has 102 valence electrons. The van der Waals surface area contributed by atoms with Gasteiger partial charge in [0.1, 0.15) is 5.60 Å². The zero-order valence-corrected chi connectivity index (χ0v) is 13.1. The molecule has 1 rings (SSSR count). The van der Waals surface area contributed by atoms with E-state index in [9.17, 15) is 4.79 Å². The zero-order valence-electron chi connectivity index (χ0n) is 10.9. The molecule has 0 aliphatic carbocycles. The van der Waals surface area contributed by atoms with E-state index in [1.165, 1.54) is 0 Å². The van der Waals surface area contributed by atoms with E-state index < -0.39 is 5.60 Å². The van der Waals surface area contributed by atoms with Gasteiger partial charge in [-0.2, -0.15) is 0 Å². The highest BCUT2D eigenvalue weighted by Crippen LogP contribution is 2.18. The summed E-state index contributed by atoms with van der Waals surface area (Å²) in [6.45, 7) is 6.42. The summed E-state index contributed by atoms with van der Waals surface area (Å²) < 4.78 is 5.21. The summed E-state index contributed by atoms with van der Waals surface area (Å²) in [5.41, 5.74) is 5.28. The highest BCUT2D eigenvalue weighted by Gasteiger charge is 2.34. The van der Waals surface area contributed by atoms with Crippen molar-refractivity contribution in [3.05, 3.63) is 0 Å². The Morgan fingerprint density at radius 1 is 1.47 bits per heavy atom. The van der Waals surface area contributed by atoms with Crippen molar-refractivity contribution in [3.8, 4) is 0 Å². The quantitative estimate of drug-likeness (QED) is 0.546. The smallest absolute Gasteiger partial charge is 0.410 e. The van der Waals surface area contributed by atoms with Crippen molar-refractivity contribution in [2.45, 2.75) is 32.4 Å². The molecule has 0 saturated carbocycles. The molecule has 1 amide bonds. The maximum Gasteiger partial charge on any atom is 0.410 e. The van der Waals surface area contributed by atoms with Crippen LogP contribution >= 0.6 is 22.6 Å². The van der Waals surface area contributed by atoms with E-state index in [-0.39, 0.29) is 24.7 Å². The molecule has 0 aromatic heterocycles. The summed E-state index contributed by atoms with van der Waals surface area (Å²) in [7, 11) is 0. The van der Waals surface area contributed by atoms with E-state index in [1.54, 1.807) is 4.90 Å². The van der Waals surface area contributed by atoms with E-state index in [0.717, 1.165) is 0 Å². The summed E-state index contributed by atoms with van der Waals surface area (Å²) in [5, 5.41) is 9.01. The lowest BCUT2D eigenvalue weighted by Crippen LogP contribution is -2.36. The van der Waals surface area contributed by atoms with E-state index in [1.807, 2.05) is 25.7 Å². The van der Waals surface area contributed by atoms with Crippen molar-refractivity contribution in [1.29, 1.82) is 0 Å². The number of halogens is 1. The van der Waals surface area contributed by atoms with E-state index in [0.29, 0.717) is 13.1 Å². The van der Waals surface area contributed by atoms with Crippen molar-refractivity contribution in [1.82, 2.24) is 4.90 Å². The molecule has 0 spiro atoms. The SMILES string of the molecule is CC(C)(C)OC(=O)N1C[C@@H](CO)[C@@H](N)C1.CI. The van der Waals surface area contributed by atoms with Crippen LogP contribution < -0.4 is 5.73 Å². The van der Waals surface area contributed by atoms with Crippen LogP contribution in [0.4, 0.5) is 4.79 Å². The molecule has 1 aliphatic rings. The third-order valence-corrected chi connectivity index (χ3v) is 2.38. The Kier molecular flexibility index (Phi) is 7.34. The second-order valence-electron chi connectivity index (χ2n) is 4.99. The molecule has 0 unspecified atom stereocenters. The molecule has 1 saturated heterocycles. The molecule has 1 heterocycles. The normalized spacial score (nSPS) is 24.1. The third-order valence-electron chi connectivity index (χ3n) is 2.38. The number of likely N-dealkylation sites (tertiary alicyclic amines) is 1. The van der Waals surface area contributed by atoms with Crippen LogP contribution in [-0.2, 0) is 4.74 Å². The molecular weight excluding hydrogens is 335 g/mol. The second kappa shape index (κ2) is 7.38. The van der Waals surface area contributed by atoms with Gasteiger partial charge in [-0.1, -0.05) is 22.6 Å². The van der Waals surface area contributed by atoms with Crippen LogP contribution in [0.2, 0.25) is 0 Å². The molecule has 6 heteroatoms. The Morgan fingerprint density at radius 2 is 2.00 bits per heavy atom. The van der Waals surface area contributed by atoms with Crippen molar-refractivity contribution < 1.29 is 14.6 Å². The van der Waals surface area contributed by atoms with Crippen LogP contribution in [-0.4, -0.2) is 52.4 Å². The number of hydrogen-bond donors (Lipinski definition) is 2.